The Morgan fingerprint density at radius 1 is 0.867 bits per heavy atom. The number of carbonyl (C=O) groups is 2. The third-order valence-electron chi connectivity index (χ3n) is 4.59. The number of phenolic OH excluding ortho intramolecular Hbond substituents is 1. The molecule has 0 aromatic heterocycles. The fourth-order valence-electron chi connectivity index (χ4n) is 3.13. The van der Waals surface area contributed by atoms with Crippen LogP contribution < -0.4 is 0 Å². The minimum atomic E-state index is -0.678. The highest BCUT2D eigenvalue weighted by Crippen LogP contribution is 2.20. The van der Waals surface area contributed by atoms with Crippen molar-refractivity contribution in [2.24, 2.45) is 0 Å². The Kier molecular flexibility index (Phi) is 8.59. The molecule has 0 spiro atoms. The van der Waals surface area contributed by atoms with Gasteiger partial charge in [-0.05, 0) is 29.3 Å². The first-order chi connectivity index (χ1) is 14.1. The smallest absolute Gasteiger partial charge is 0.341 e. The number of methoxy groups -OCH3 is 1. The number of hydrogen-bond donors (Lipinski definition) is 1. The number of Topliss-reactive ketones (excluding diaryl/α,β-unsaturated/α-hetero) is 1. The van der Waals surface area contributed by atoms with Gasteiger partial charge in [-0.15, -0.1) is 12.4 Å². The van der Waals surface area contributed by atoms with Crippen molar-refractivity contribution in [1.82, 2.24) is 4.90 Å². The van der Waals surface area contributed by atoms with Gasteiger partial charge in [0.25, 0.3) is 0 Å². The lowest BCUT2D eigenvalue weighted by Crippen LogP contribution is -2.29. The molecule has 3 aromatic rings. The van der Waals surface area contributed by atoms with Crippen LogP contribution in [0.3, 0.4) is 0 Å². The van der Waals surface area contributed by atoms with Gasteiger partial charge in [0, 0.05) is 18.7 Å². The molecule has 3 aromatic carbocycles. The van der Waals surface area contributed by atoms with Crippen molar-refractivity contribution in [1.29, 1.82) is 0 Å². The van der Waals surface area contributed by atoms with Crippen LogP contribution in [-0.4, -0.2) is 35.4 Å². The van der Waals surface area contributed by atoms with Gasteiger partial charge in [0.2, 0.25) is 0 Å². The van der Waals surface area contributed by atoms with Crippen LogP contribution in [-0.2, 0) is 17.8 Å². The molecule has 0 atom stereocenters. The molecule has 5 nitrogen and oxygen atoms in total. The number of carbonyl (C=O) groups excluding carboxylic acids is 2. The van der Waals surface area contributed by atoms with Gasteiger partial charge >= 0.3 is 5.97 Å². The summed E-state index contributed by atoms with van der Waals surface area (Å²) in [5.41, 5.74) is 2.56. The number of ketones is 1. The maximum absolute atomic E-state index is 12.9. The number of nitrogens with zero attached hydrogens (tertiary/aromatic N) is 1. The topological polar surface area (TPSA) is 66.8 Å². The Bertz CT molecular complexity index is 936. The minimum Gasteiger partial charge on any atom is -0.507 e. The molecule has 0 unspecified atom stereocenters. The van der Waals surface area contributed by atoms with E-state index in [9.17, 15) is 14.7 Å². The van der Waals surface area contributed by atoms with Crippen molar-refractivity contribution in [3.8, 4) is 5.75 Å². The van der Waals surface area contributed by atoms with E-state index in [0.29, 0.717) is 18.7 Å². The Hall–Kier alpha value is -3.15. The molecule has 6 heteroatoms. The molecule has 0 fully saturated rings. The number of rotatable bonds is 8. The molecular formula is C24H24ClNO4. The average molecular weight is 426 g/mol. The SMILES string of the molecule is COC(=O)c1cc(C(=O)CN(Cc2ccccc2)Cc2ccccc2)ccc1O.Cl. The fourth-order valence-corrected chi connectivity index (χ4v) is 3.13. The van der Waals surface area contributed by atoms with E-state index in [-0.39, 0.29) is 36.0 Å². The van der Waals surface area contributed by atoms with Gasteiger partial charge in [-0.25, -0.2) is 4.79 Å². The summed E-state index contributed by atoms with van der Waals surface area (Å²) in [5, 5.41) is 9.87. The van der Waals surface area contributed by atoms with Crippen LogP contribution in [0, 0.1) is 0 Å². The quantitative estimate of drug-likeness (QED) is 0.425. The second-order valence-corrected chi connectivity index (χ2v) is 6.76. The molecule has 30 heavy (non-hydrogen) atoms. The molecule has 0 aliphatic rings. The summed E-state index contributed by atoms with van der Waals surface area (Å²) >= 11 is 0. The molecule has 0 radical (unpaired) electrons. The molecule has 3 rings (SSSR count). The zero-order valence-corrected chi connectivity index (χ0v) is 17.5. The van der Waals surface area contributed by atoms with Crippen molar-refractivity contribution in [3.05, 3.63) is 101 Å². The van der Waals surface area contributed by atoms with E-state index in [1.54, 1.807) is 0 Å². The molecule has 0 saturated carbocycles. The fraction of sp³-hybridized carbons (Fsp3) is 0.167. The standard InChI is InChI=1S/C24H23NO4.ClH/c1-29-24(28)21-14-20(12-13-22(21)26)23(27)17-25(15-18-8-4-2-5-9-18)16-19-10-6-3-7-11-19;/h2-14,26H,15-17H2,1H3;1H. The second kappa shape index (κ2) is 11.1. The normalized spacial score (nSPS) is 10.3. The lowest BCUT2D eigenvalue weighted by atomic mass is 10.0. The van der Waals surface area contributed by atoms with Gasteiger partial charge in [-0.1, -0.05) is 60.7 Å². The summed E-state index contributed by atoms with van der Waals surface area (Å²) in [5.74, 6) is -1.02. The van der Waals surface area contributed by atoms with Crippen LogP contribution >= 0.6 is 12.4 Å². The first kappa shape index (κ1) is 23.1. The summed E-state index contributed by atoms with van der Waals surface area (Å²) in [6.45, 7) is 1.40. The summed E-state index contributed by atoms with van der Waals surface area (Å²) in [4.78, 5) is 26.8. The monoisotopic (exact) mass is 425 g/mol. The molecule has 0 heterocycles. The zero-order chi connectivity index (χ0) is 20.6. The van der Waals surface area contributed by atoms with E-state index < -0.39 is 5.97 Å². The van der Waals surface area contributed by atoms with Crippen molar-refractivity contribution in [2.45, 2.75) is 13.1 Å². The van der Waals surface area contributed by atoms with Crippen molar-refractivity contribution >= 4 is 24.2 Å². The van der Waals surface area contributed by atoms with Crippen molar-refractivity contribution in [2.75, 3.05) is 13.7 Å². The first-order valence-corrected chi connectivity index (χ1v) is 9.31. The van der Waals surface area contributed by atoms with Crippen LogP contribution in [0.1, 0.15) is 31.8 Å². The number of benzene rings is 3. The highest BCUT2D eigenvalue weighted by Gasteiger charge is 2.18. The van der Waals surface area contributed by atoms with Gasteiger partial charge in [0.15, 0.2) is 5.78 Å². The molecule has 0 saturated heterocycles. The molecule has 1 N–H and O–H groups in total. The van der Waals surface area contributed by atoms with Gasteiger partial charge < -0.3 is 9.84 Å². The van der Waals surface area contributed by atoms with E-state index in [1.807, 2.05) is 60.7 Å². The van der Waals surface area contributed by atoms with E-state index in [4.69, 9.17) is 0 Å². The summed E-state index contributed by atoms with van der Waals surface area (Å²) in [6, 6.07) is 24.2. The third-order valence-corrected chi connectivity index (χ3v) is 4.59. The van der Waals surface area contributed by atoms with Gasteiger partial charge in [-0.2, -0.15) is 0 Å². The maximum Gasteiger partial charge on any atom is 0.341 e. The lowest BCUT2D eigenvalue weighted by Gasteiger charge is -2.22. The van der Waals surface area contributed by atoms with Crippen LogP contribution in [0.25, 0.3) is 0 Å². The number of halogens is 1. The number of esters is 1. The van der Waals surface area contributed by atoms with E-state index in [0.717, 1.165) is 11.1 Å². The van der Waals surface area contributed by atoms with E-state index in [1.165, 1.54) is 25.3 Å². The van der Waals surface area contributed by atoms with Crippen LogP contribution in [0.5, 0.6) is 5.75 Å². The minimum absolute atomic E-state index is 0. The maximum atomic E-state index is 12.9. The summed E-state index contributed by atoms with van der Waals surface area (Å²) < 4.78 is 4.67. The molecule has 0 aliphatic heterocycles. The molecule has 0 amide bonds. The number of hydrogen-bond acceptors (Lipinski definition) is 5. The zero-order valence-electron chi connectivity index (χ0n) is 16.7. The molecule has 156 valence electrons. The predicted molar refractivity (Wildman–Crippen MR) is 118 cm³/mol. The second-order valence-electron chi connectivity index (χ2n) is 6.76. The van der Waals surface area contributed by atoms with Gasteiger partial charge in [-0.3, -0.25) is 9.69 Å². The Labute approximate surface area is 182 Å². The van der Waals surface area contributed by atoms with Gasteiger partial charge in [0.05, 0.1) is 13.7 Å². The number of ether oxygens (including phenoxy) is 1. The van der Waals surface area contributed by atoms with Gasteiger partial charge in [0.1, 0.15) is 11.3 Å². The Morgan fingerprint density at radius 2 is 1.40 bits per heavy atom. The number of phenols is 1. The summed E-state index contributed by atoms with van der Waals surface area (Å²) in [6.07, 6.45) is 0. The van der Waals surface area contributed by atoms with E-state index in [2.05, 4.69) is 9.64 Å². The average Bonchev–Trinajstić information content (AvgIpc) is 2.75. The van der Waals surface area contributed by atoms with Crippen LogP contribution in [0.4, 0.5) is 0 Å². The third kappa shape index (κ3) is 6.17. The predicted octanol–water partition coefficient (Wildman–Crippen LogP) is 4.49. The first-order valence-electron chi connectivity index (χ1n) is 9.31. The van der Waals surface area contributed by atoms with E-state index >= 15 is 0 Å². The lowest BCUT2D eigenvalue weighted by molar-refractivity contribution is 0.0597. The largest absolute Gasteiger partial charge is 0.507 e. The molecule has 0 aliphatic carbocycles. The van der Waals surface area contributed by atoms with Crippen LogP contribution in [0.15, 0.2) is 78.9 Å². The van der Waals surface area contributed by atoms with Crippen molar-refractivity contribution < 1.29 is 19.4 Å². The Balaban J connectivity index is 0.00000320. The van der Waals surface area contributed by atoms with Crippen molar-refractivity contribution in [3.63, 3.8) is 0 Å². The van der Waals surface area contributed by atoms with Crippen LogP contribution in [0.2, 0.25) is 0 Å². The number of aromatic hydroxyl groups is 1. The highest BCUT2D eigenvalue weighted by molar-refractivity contribution is 6.01. The molecule has 0 bridgehead atoms. The summed E-state index contributed by atoms with van der Waals surface area (Å²) in [7, 11) is 1.23. The Morgan fingerprint density at radius 3 is 1.90 bits per heavy atom. The molecular weight excluding hydrogens is 402 g/mol. The highest BCUT2D eigenvalue weighted by atomic mass is 35.5.